The molecule has 6 nitrogen and oxygen atoms in total. The number of carbonyl (C=O) groups is 2. The van der Waals surface area contributed by atoms with Crippen LogP contribution in [0, 0.1) is 0 Å². The highest BCUT2D eigenvalue weighted by atomic mass is 16.5. The average molecular weight is 320 g/mol. The first-order valence-electron chi connectivity index (χ1n) is 7.84. The Morgan fingerprint density at radius 3 is 2.48 bits per heavy atom. The molecule has 1 aliphatic rings. The lowest BCUT2D eigenvalue weighted by atomic mass is 10.2. The Hall–Kier alpha value is -2.24. The van der Waals surface area contributed by atoms with Crippen LogP contribution in [0.3, 0.4) is 0 Å². The number of amides is 2. The maximum Gasteiger partial charge on any atom is 0.240 e. The zero-order valence-electron chi connectivity index (χ0n) is 13.9. The second-order valence-corrected chi connectivity index (χ2v) is 5.69. The van der Waals surface area contributed by atoms with E-state index in [1.54, 1.807) is 25.3 Å². The first kappa shape index (κ1) is 17.1. The Bertz CT molecular complexity index is 568. The van der Waals surface area contributed by atoms with E-state index in [9.17, 15) is 9.59 Å². The predicted molar refractivity (Wildman–Crippen MR) is 88.0 cm³/mol. The Balaban J connectivity index is 2.14. The Morgan fingerprint density at radius 2 is 1.91 bits per heavy atom. The van der Waals surface area contributed by atoms with E-state index in [1.165, 1.54) is 18.9 Å². The van der Waals surface area contributed by atoms with Gasteiger partial charge in [0.15, 0.2) is 0 Å². The first-order valence-corrected chi connectivity index (χ1v) is 7.84. The van der Waals surface area contributed by atoms with Gasteiger partial charge < -0.3 is 14.8 Å². The molecule has 0 aromatic heterocycles. The predicted octanol–water partition coefficient (Wildman–Crippen LogP) is 2.12. The van der Waals surface area contributed by atoms with Gasteiger partial charge in [-0.05, 0) is 25.0 Å². The van der Waals surface area contributed by atoms with Crippen LogP contribution in [0.5, 0.6) is 11.5 Å². The number of anilines is 1. The van der Waals surface area contributed by atoms with Gasteiger partial charge in [0, 0.05) is 19.0 Å². The summed E-state index contributed by atoms with van der Waals surface area (Å²) in [6.07, 6.45) is 4.32. The third-order valence-corrected chi connectivity index (χ3v) is 4.08. The topological polar surface area (TPSA) is 67.9 Å². The van der Waals surface area contributed by atoms with E-state index in [1.807, 2.05) is 0 Å². The number of benzene rings is 1. The number of ether oxygens (including phenoxy) is 2. The summed E-state index contributed by atoms with van der Waals surface area (Å²) in [5.41, 5.74) is 0.558. The number of nitrogens with zero attached hydrogens (tertiary/aromatic N) is 1. The molecule has 0 unspecified atom stereocenters. The van der Waals surface area contributed by atoms with Crippen molar-refractivity contribution in [2.24, 2.45) is 0 Å². The van der Waals surface area contributed by atoms with Crippen molar-refractivity contribution >= 4 is 17.5 Å². The van der Waals surface area contributed by atoms with Gasteiger partial charge in [0.1, 0.15) is 18.0 Å². The number of methoxy groups -OCH3 is 2. The Morgan fingerprint density at radius 1 is 1.22 bits per heavy atom. The van der Waals surface area contributed by atoms with E-state index < -0.39 is 0 Å². The minimum absolute atomic E-state index is 0.0193. The molecule has 0 spiro atoms. The zero-order chi connectivity index (χ0) is 16.8. The number of rotatable bonds is 6. The van der Waals surface area contributed by atoms with Crippen LogP contribution in [0.15, 0.2) is 18.2 Å². The molecule has 0 heterocycles. The summed E-state index contributed by atoms with van der Waals surface area (Å²) in [5.74, 6) is 0.762. The van der Waals surface area contributed by atoms with Crippen LogP contribution in [0.25, 0.3) is 0 Å². The summed E-state index contributed by atoms with van der Waals surface area (Å²) >= 11 is 0. The third-order valence-electron chi connectivity index (χ3n) is 4.08. The first-order chi connectivity index (χ1) is 11.0. The standard InChI is InChI=1S/C17H24N2O4/c1-12(20)19(11-17(21)18-13-6-4-5-7-13)15-9-8-14(22-2)10-16(15)23-3/h8-10,13H,4-7,11H2,1-3H3,(H,18,21). The van der Waals surface area contributed by atoms with Gasteiger partial charge in [0.2, 0.25) is 11.8 Å². The van der Waals surface area contributed by atoms with Crippen molar-refractivity contribution in [1.82, 2.24) is 5.32 Å². The largest absolute Gasteiger partial charge is 0.497 e. The molecule has 6 heteroatoms. The molecular weight excluding hydrogens is 296 g/mol. The van der Waals surface area contributed by atoms with Crippen LogP contribution in [0.1, 0.15) is 32.6 Å². The van der Waals surface area contributed by atoms with Crippen LogP contribution in [0.2, 0.25) is 0 Å². The lowest BCUT2D eigenvalue weighted by molar-refractivity contribution is -0.123. The lowest BCUT2D eigenvalue weighted by Crippen LogP contribution is -2.43. The van der Waals surface area contributed by atoms with Gasteiger partial charge in [-0.1, -0.05) is 12.8 Å². The second kappa shape index (κ2) is 7.85. The highest BCUT2D eigenvalue weighted by Crippen LogP contribution is 2.32. The maximum absolute atomic E-state index is 12.2. The summed E-state index contributed by atoms with van der Waals surface area (Å²) in [4.78, 5) is 25.7. The van der Waals surface area contributed by atoms with Crippen molar-refractivity contribution in [3.63, 3.8) is 0 Å². The van der Waals surface area contributed by atoms with Crippen molar-refractivity contribution in [2.75, 3.05) is 25.7 Å². The molecule has 1 aromatic carbocycles. The van der Waals surface area contributed by atoms with E-state index >= 15 is 0 Å². The molecule has 0 atom stereocenters. The number of hydrogen-bond donors (Lipinski definition) is 1. The van der Waals surface area contributed by atoms with Crippen molar-refractivity contribution in [3.05, 3.63) is 18.2 Å². The van der Waals surface area contributed by atoms with Gasteiger partial charge in [-0.15, -0.1) is 0 Å². The van der Waals surface area contributed by atoms with Crippen molar-refractivity contribution in [3.8, 4) is 11.5 Å². The molecule has 1 aliphatic carbocycles. The summed E-state index contributed by atoms with van der Waals surface area (Å²) in [6, 6.07) is 5.39. The fourth-order valence-electron chi connectivity index (χ4n) is 2.86. The van der Waals surface area contributed by atoms with Gasteiger partial charge in [0.05, 0.1) is 19.9 Å². The summed E-state index contributed by atoms with van der Waals surface area (Å²) in [7, 11) is 3.08. The molecule has 1 aromatic rings. The molecule has 2 rings (SSSR count). The molecule has 126 valence electrons. The molecule has 1 N–H and O–H groups in total. The molecule has 1 saturated carbocycles. The van der Waals surface area contributed by atoms with E-state index in [0.717, 1.165) is 25.7 Å². The minimum atomic E-state index is -0.213. The van der Waals surface area contributed by atoms with Crippen molar-refractivity contribution in [1.29, 1.82) is 0 Å². The summed E-state index contributed by atoms with van der Waals surface area (Å²) < 4.78 is 10.5. The van der Waals surface area contributed by atoms with E-state index in [-0.39, 0.29) is 24.4 Å². The van der Waals surface area contributed by atoms with Gasteiger partial charge >= 0.3 is 0 Å². The molecule has 0 bridgehead atoms. The van der Waals surface area contributed by atoms with E-state index in [2.05, 4.69) is 5.32 Å². The molecule has 0 aliphatic heterocycles. The fraction of sp³-hybridized carbons (Fsp3) is 0.529. The molecule has 1 fully saturated rings. The van der Waals surface area contributed by atoms with Crippen LogP contribution in [0.4, 0.5) is 5.69 Å². The monoisotopic (exact) mass is 320 g/mol. The Labute approximate surface area is 136 Å². The molecular formula is C17H24N2O4. The SMILES string of the molecule is COc1ccc(N(CC(=O)NC2CCCC2)C(C)=O)c(OC)c1. The number of hydrogen-bond acceptors (Lipinski definition) is 4. The Kier molecular flexibility index (Phi) is 5.84. The quantitative estimate of drug-likeness (QED) is 0.872. The lowest BCUT2D eigenvalue weighted by Gasteiger charge is -2.24. The highest BCUT2D eigenvalue weighted by molar-refractivity contribution is 5.98. The van der Waals surface area contributed by atoms with E-state index in [0.29, 0.717) is 17.2 Å². The van der Waals surface area contributed by atoms with Gasteiger partial charge in [-0.2, -0.15) is 0 Å². The van der Waals surface area contributed by atoms with Crippen molar-refractivity contribution in [2.45, 2.75) is 38.6 Å². The number of carbonyl (C=O) groups excluding carboxylic acids is 2. The van der Waals surface area contributed by atoms with Crippen LogP contribution < -0.4 is 19.7 Å². The average Bonchev–Trinajstić information content (AvgIpc) is 3.04. The van der Waals surface area contributed by atoms with Crippen LogP contribution in [-0.4, -0.2) is 38.6 Å². The normalized spacial score (nSPS) is 14.4. The van der Waals surface area contributed by atoms with Gasteiger partial charge in [-0.25, -0.2) is 0 Å². The molecule has 0 radical (unpaired) electrons. The van der Waals surface area contributed by atoms with Gasteiger partial charge in [-0.3, -0.25) is 14.5 Å². The zero-order valence-corrected chi connectivity index (χ0v) is 13.9. The third kappa shape index (κ3) is 4.37. The number of nitrogens with one attached hydrogen (secondary N) is 1. The highest BCUT2D eigenvalue weighted by Gasteiger charge is 2.22. The molecule has 23 heavy (non-hydrogen) atoms. The summed E-state index contributed by atoms with van der Waals surface area (Å²) in [6.45, 7) is 1.42. The van der Waals surface area contributed by atoms with Crippen LogP contribution in [-0.2, 0) is 9.59 Å². The molecule has 2 amide bonds. The van der Waals surface area contributed by atoms with Crippen molar-refractivity contribution < 1.29 is 19.1 Å². The minimum Gasteiger partial charge on any atom is -0.497 e. The second-order valence-electron chi connectivity index (χ2n) is 5.69. The molecule has 0 saturated heterocycles. The van der Waals surface area contributed by atoms with E-state index in [4.69, 9.17) is 9.47 Å². The van der Waals surface area contributed by atoms with Crippen LogP contribution >= 0.6 is 0 Å². The fourth-order valence-corrected chi connectivity index (χ4v) is 2.86. The maximum atomic E-state index is 12.2. The smallest absolute Gasteiger partial charge is 0.240 e. The summed E-state index contributed by atoms with van der Waals surface area (Å²) in [5, 5.41) is 3.00. The van der Waals surface area contributed by atoms with Gasteiger partial charge in [0.25, 0.3) is 0 Å².